The molecule has 3 rings (SSSR count). The Hall–Kier alpha value is -2.48. The lowest BCUT2D eigenvalue weighted by Gasteiger charge is -2.28. The normalized spacial score (nSPS) is 14.4. The van der Waals surface area contributed by atoms with Crippen LogP contribution in [0, 0.1) is 0 Å². The van der Waals surface area contributed by atoms with Gasteiger partial charge in [0.1, 0.15) is 4.21 Å². The maximum absolute atomic E-state index is 13.0. The smallest absolute Gasteiger partial charge is 0.475 e. The molecule has 34 heavy (non-hydrogen) atoms. The fourth-order valence-corrected chi connectivity index (χ4v) is 5.67. The Morgan fingerprint density at radius 3 is 2.21 bits per heavy atom. The number of nitrogens with one attached hydrogen (secondary N) is 1. The minimum atomic E-state index is -5.08. The van der Waals surface area contributed by atoms with E-state index < -0.39 is 22.2 Å². The number of alkyl halides is 3. The van der Waals surface area contributed by atoms with Gasteiger partial charge in [-0.25, -0.2) is 13.2 Å². The average Bonchev–Trinajstić information content (AvgIpc) is 3.36. The van der Waals surface area contributed by atoms with Crippen LogP contribution in [0.5, 0.6) is 0 Å². The van der Waals surface area contributed by atoms with Gasteiger partial charge in [0.15, 0.2) is 0 Å². The van der Waals surface area contributed by atoms with Gasteiger partial charge in [-0.05, 0) is 23.4 Å². The molecule has 1 aliphatic heterocycles. The van der Waals surface area contributed by atoms with E-state index in [0.717, 1.165) is 18.7 Å². The van der Waals surface area contributed by atoms with E-state index in [1.807, 2.05) is 35.2 Å². The summed E-state index contributed by atoms with van der Waals surface area (Å²) in [4.78, 5) is 23.2. The molecule has 2 aromatic rings. The zero-order valence-electron chi connectivity index (χ0n) is 18.2. The zero-order valence-corrected chi connectivity index (χ0v) is 19.8. The minimum absolute atomic E-state index is 0.0163. The Bertz CT molecular complexity index is 1010. The molecule has 8 nitrogen and oxygen atoms in total. The van der Waals surface area contributed by atoms with Gasteiger partial charge >= 0.3 is 12.1 Å². The van der Waals surface area contributed by atoms with Gasteiger partial charge in [-0.3, -0.25) is 4.79 Å². The van der Waals surface area contributed by atoms with Gasteiger partial charge in [0.25, 0.3) is 10.0 Å². The van der Waals surface area contributed by atoms with Crippen LogP contribution in [0.25, 0.3) is 0 Å². The number of halogens is 3. The lowest BCUT2D eigenvalue weighted by atomic mass is 10.1. The summed E-state index contributed by atoms with van der Waals surface area (Å²) in [6.07, 6.45) is -4.26. The molecule has 1 aliphatic rings. The molecule has 1 aromatic carbocycles. The van der Waals surface area contributed by atoms with E-state index in [2.05, 4.69) is 5.32 Å². The first-order valence-corrected chi connectivity index (χ1v) is 12.7. The summed E-state index contributed by atoms with van der Waals surface area (Å²) in [5.74, 6) is -2.74. The average molecular weight is 522 g/mol. The number of hydrogen-bond acceptors (Lipinski definition) is 6. The molecule has 0 bridgehead atoms. The molecule has 188 valence electrons. The molecule has 0 spiro atoms. The van der Waals surface area contributed by atoms with E-state index >= 15 is 0 Å². The zero-order chi connectivity index (χ0) is 25.2. The number of carbonyl (C=O) groups excluding carboxylic acids is 1. The quantitative estimate of drug-likeness (QED) is 0.553. The Balaban J connectivity index is 0.000000509. The van der Waals surface area contributed by atoms with E-state index in [0.29, 0.717) is 30.3 Å². The minimum Gasteiger partial charge on any atom is -0.475 e. The number of hydrogen-bond donors (Lipinski definition) is 2. The fourth-order valence-electron chi connectivity index (χ4n) is 3.08. The van der Waals surface area contributed by atoms with Crippen molar-refractivity contribution in [2.45, 2.75) is 23.2 Å². The SMILES string of the molecule is O=C(CCN(CCc1ccccc1)S(=O)(=O)c1cccs1)N1CCNCC1.O=C(O)C(F)(F)F. The van der Waals surface area contributed by atoms with Gasteiger partial charge < -0.3 is 15.3 Å². The molecule has 0 saturated carbocycles. The number of thiophene rings is 1. The molecule has 1 amide bonds. The second kappa shape index (κ2) is 12.8. The van der Waals surface area contributed by atoms with Gasteiger partial charge in [0.2, 0.25) is 5.91 Å². The second-order valence-electron chi connectivity index (χ2n) is 7.26. The van der Waals surface area contributed by atoms with E-state index in [-0.39, 0.29) is 18.9 Å². The number of nitrogens with zero attached hydrogens (tertiary/aromatic N) is 2. The Kier molecular flexibility index (Phi) is 10.5. The molecule has 0 atom stereocenters. The fraction of sp³-hybridized carbons (Fsp3) is 0.429. The van der Waals surface area contributed by atoms with Crippen molar-refractivity contribution in [2.75, 3.05) is 39.3 Å². The van der Waals surface area contributed by atoms with Crippen molar-refractivity contribution in [3.8, 4) is 0 Å². The second-order valence-corrected chi connectivity index (χ2v) is 10.4. The van der Waals surface area contributed by atoms with Gasteiger partial charge in [-0.15, -0.1) is 11.3 Å². The summed E-state index contributed by atoms with van der Waals surface area (Å²) < 4.78 is 59.5. The summed E-state index contributed by atoms with van der Waals surface area (Å²) >= 11 is 1.21. The van der Waals surface area contributed by atoms with Crippen molar-refractivity contribution < 1.29 is 36.3 Å². The van der Waals surface area contributed by atoms with Crippen LogP contribution in [-0.2, 0) is 26.0 Å². The lowest BCUT2D eigenvalue weighted by molar-refractivity contribution is -0.192. The van der Waals surface area contributed by atoms with Gasteiger partial charge in [0, 0.05) is 45.7 Å². The number of carboxylic acid groups (broad SMARTS) is 1. The number of carboxylic acids is 1. The van der Waals surface area contributed by atoms with Gasteiger partial charge in [0.05, 0.1) is 0 Å². The highest BCUT2D eigenvalue weighted by molar-refractivity contribution is 7.91. The van der Waals surface area contributed by atoms with Crippen LogP contribution in [0.15, 0.2) is 52.1 Å². The first kappa shape index (κ1) is 27.8. The summed E-state index contributed by atoms with van der Waals surface area (Å²) in [5.41, 5.74) is 1.08. The number of rotatable bonds is 8. The summed E-state index contributed by atoms with van der Waals surface area (Å²) in [7, 11) is -3.59. The standard InChI is InChI=1S/C19H25N3O3S2.C2HF3O2/c23-18(21-14-10-20-11-15-21)9-13-22(12-8-17-5-2-1-3-6-17)27(24,25)19-7-4-16-26-19;3-2(4,5)1(6)7/h1-7,16,20H,8-15H2;(H,6,7). The molecule has 1 saturated heterocycles. The maximum Gasteiger partial charge on any atom is 0.490 e. The number of benzene rings is 1. The maximum atomic E-state index is 13.0. The highest BCUT2D eigenvalue weighted by Crippen LogP contribution is 2.22. The lowest BCUT2D eigenvalue weighted by Crippen LogP contribution is -2.47. The van der Waals surface area contributed by atoms with Crippen molar-refractivity contribution in [1.82, 2.24) is 14.5 Å². The molecule has 2 N–H and O–H groups in total. The third kappa shape index (κ3) is 8.70. The monoisotopic (exact) mass is 521 g/mol. The van der Waals surface area contributed by atoms with Crippen LogP contribution < -0.4 is 5.32 Å². The summed E-state index contributed by atoms with van der Waals surface area (Å²) in [5, 5.41) is 12.1. The van der Waals surface area contributed by atoms with Crippen LogP contribution in [0.2, 0.25) is 0 Å². The van der Waals surface area contributed by atoms with Crippen molar-refractivity contribution in [3.05, 3.63) is 53.4 Å². The van der Waals surface area contributed by atoms with E-state index in [1.165, 1.54) is 15.6 Å². The molecule has 0 radical (unpaired) electrons. The van der Waals surface area contributed by atoms with Crippen molar-refractivity contribution in [3.63, 3.8) is 0 Å². The number of carbonyl (C=O) groups is 2. The Morgan fingerprint density at radius 1 is 1.06 bits per heavy atom. The van der Waals surface area contributed by atoms with Crippen molar-refractivity contribution in [1.29, 1.82) is 0 Å². The molecule has 0 aliphatic carbocycles. The molecule has 1 fully saturated rings. The molecular formula is C21H26F3N3O5S2. The largest absolute Gasteiger partial charge is 0.490 e. The van der Waals surface area contributed by atoms with E-state index in [9.17, 15) is 26.4 Å². The third-order valence-corrected chi connectivity index (χ3v) is 8.14. The summed E-state index contributed by atoms with van der Waals surface area (Å²) in [6, 6.07) is 13.2. The van der Waals surface area contributed by atoms with Crippen LogP contribution in [0.3, 0.4) is 0 Å². The Morgan fingerprint density at radius 2 is 1.68 bits per heavy atom. The number of aliphatic carboxylic acids is 1. The highest BCUT2D eigenvalue weighted by Gasteiger charge is 2.38. The van der Waals surface area contributed by atoms with Crippen LogP contribution in [0.4, 0.5) is 13.2 Å². The van der Waals surface area contributed by atoms with Crippen LogP contribution in [0.1, 0.15) is 12.0 Å². The van der Waals surface area contributed by atoms with Crippen molar-refractivity contribution >= 4 is 33.2 Å². The third-order valence-electron chi connectivity index (χ3n) is 4.87. The number of amides is 1. The topological polar surface area (TPSA) is 107 Å². The van der Waals surface area contributed by atoms with Crippen LogP contribution in [-0.4, -0.2) is 80.1 Å². The molecule has 2 heterocycles. The first-order valence-electron chi connectivity index (χ1n) is 10.4. The predicted molar refractivity (Wildman–Crippen MR) is 121 cm³/mol. The molecule has 13 heteroatoms. The summed E-state index contributed by atoms with van der Waals surface area (Å²) in [6.45, 7) is 3.50. The Labute approximate surface area is 200 Å². The van der Waals surface area contributed by atoms with Gasteiger partial charge in [-0.1, -0.05) is 36.4 Å². The predicted octanol–water partition coefficient (Wildman–Crippen LogP) is 2.44. The molecule has 1 aromatic heterocycles. The molecular weight excluding hydrogens is 495 g/mol. The van der Waals surface area contributed by atoms with E-state index in [4.69, 9.17) is 9.90 Å². The highest BCUT2D eigenvalue weighted by atomic mass is 32.2. The number of piperazine rings is 1. The van der Waals surface area contributed by atoms with Gasteiger partial charge in [-0.2, -0.15) is 17.5 Å². The number of sulfonamides is 1. The van der Waals surface area contributed by atoms with Crippen molar-refractivity contribution in [2.24, 2.45) is 0 Å². The first-order chi connectivity index (χ1) is 16.0. The van der Waals surface area contributed by atoms with E-state index in [1.54, 1.807) is 17.5 Å². The molecule has 0 unspecified atom stereocenters. The van der Waals surface area contributed by atoms with Crippen LogP contribution >= 0.6 is 11.3 Å².